The van der Waals surface area contributed by atoms with Crippen molar-refractivity contribution in [3.8, 4) is 0 Å². The molecule has 62 valence electrons. The van der Waals surface area contributed by atoms with Crippen molar-refractivity contribution < 1.29 is 9.84 Å². The zero-order valence-corrected chi connectivity index (χ0v) is 7.13. The van der Waals surface area contributed by atoms with E-state index in [1.807, 2.05) is 6.92 Å². The van der Waals surface area contributed by atoms with E-state index in [1.165, 1.54) is 0 Å². The summed E-state index contributed by atoms with van der Waals surface area (Å²) in [4.78, 5) is 0. The molecular formula is C8H18O2. The molecule has 0 spiro atoms. The Bertz CT molecular complexity index is 63.7. The molecule has 0 aliphatic carbocycles. The number of aliphatic hydroxyl groups excluding tert-OH is 1. The lowest BCUT2D eigenvalue weighted by Gasteiger charge is -2.13. The van der Waals surface area contributed by atoms with Crippen LogP contribution in [0.15, 0.2) is 0 Å². The highest BCUT2D eigenvalue weighted by molar-refractivity contribution is 4.50. The first-order valence-electron chi connectivity index (χ1n) is 3.93. The lowest BCUT2D eigenvalue weighted by molar-refractivity contribution is 0.00852. The van der Waals surface area contributed by atoms with Gasteiger partial charge in [-0.1, -0.05) is 20.3 Å². The Kier molecular flexibility index (Phi) is 5.64. The van der Waals surface area contributed by atoms with Crippen molar-refractivity contribution in [2.75, 3.05) is 13.2 Å². The third-order valence-corrected chi connectivity index (χ3v) is 1.62. The van der Waals surface area contributed by atoms with Crippen LogP contribution in [0.4, 0.5) is 0 Å². The molecule has 0 aromatic heterocycles. The first kappa shape index (κ1) is 9.92. The lowest BCUT2D eigenvalue weighted by Crippen LogP contribution is -2.16. The van der Waals surface area contributed by atoms with Crippen LogP contribution >= 0.6 is 0 Å². The van der Waals surface area contributed by atoms with Gasteiger partial charge in [0.05, 0.1) is 12.7 Å². The standard InChI is InChI=1S/C8H18O2/c1-4-7(2)6-10-8(3)5-9/h7-9H,4-6H2,1-3H3/t7-,8?/m0/s1. The van der Waals surface area contributed by atoms with Crippen molar-refractivity contribution in [2.45, 2.75) is 33.3 Å². The molecule has 0 radical (unpaired) electrons. The summed E-state index contributed by atoms with van der Waals surface area (Å²) in [6.45, 7) is 7.04. The predicted octanol–water partition coefficient (Wildman–Crippen LogP) is 1.43. The second kappa shape index (κ2) is 5.69. The minimum Gasteiger partial charge on any atom is -0.394 e. The predicted molar refractivity (Wildman–Crippen MR) is 42.0 cm³/mol. The van der Waals surface area contributed by atoms with E-state index in [4.69, 9.17) is 9.84 Å². The van der Waals surface area contributed by atoms with Crippen LogP contribution in [0.1, 0.15) is 27.2 Å². The normalized spacial score (nSPS) is 16.8. The van der Waals surface area contributed by atoms with Gasteiger partial charge in [-0.25, -0.2) is 0 Å². The van der Waals surface area contributed by atoms with Gasteiger partial charge in [0, 0.05) is 6.61 Å². The van der Waals surface area contributed by atoms with Gasteiger partial charge in [-0.15, -0.1) is 0 Å². The number of ether oxygens (including phenoxy) is 1. The summed E-state index contributed by atoms with van der Waals surface area (Å²) in [5.74, 6) is 0.606. The monoisotopic (exact) mass is 146 g/mol. The Hall–Kier alpha value is -0.0800. The fourth-order valence-electron chi connectivity index (χ4n) is 0.499. The molecule has 0 aliphatic heterocycles. The maximum absolute atomic E-state index is 8.60. The molecule has 10 heavy (non-hydrogen) atoms. The third-order valence-electron chi connectivity index (χ3n) is 1.62. The molecule has 0 amide bonds. The minimum atomic E-state index is -0.00556. The maximum atomic E-state index is 8.60. The molecular weight excluding hydrogens is 128 g/mol. The Balaban J connectivity index is 3.17. The molecule has 0 bridgehead atoms. The summed E-state index contributed by atoms with van der Waals surface area (Å²) in [7, 11) is 0. The average molecular weight is 146 g/mol. The van der Waals surface area contributed by atoms with E-state index in [2.05, 4.69) is 13.8 Å². The topological polar surface area (TPSA) is 29.5 Å². The molecule has 0 aliphatic rings. The molecule has 0 aromatic rings. The van der Waals surface area contributed by atoms with Gasteiger partial charge in [-0.05, 0) is 12.8 Å². The van der Waals surface area contributed by atoms with Crippen LogP contribution < -0.4 is 0 Å². The summed E-state index contributed by atoms with van der Waals surface area (Å²) < 4.78 is 5.29. The van der Waals surface area contributed by atoms with E-state index in [0.717, 1.165) is 13.0 Å². The van der Waals surface area contributed by atoms with Crippen molar-refractivity contribution in [3.63, 3.8) is 0 Å². The second-order valence-corrected chi connectivity index (χ2v) is 2.84. The molecule has 0 saturated heterocycles. The number of hydrogen-bond acceptors (Lipinski definition) is 2. The molecule has 0 rings (SSSR count). The fraction of sp³-hybridized carbons (Fsp3) is 1.00. The van der Waals surface area contributed by atoms with E-state index in [1.54, 1.807) is 0 Å². The zero-order chi connectivity index (χ0) is 7.98. The highest BCUT2D eigenvalue weighted by Crippen LogP contribution is 2.02. The quantitative estimate of drug-likeness (QED) is 0.635. The molecule has 2 nitrogen and oxygen atoms in total. The molecule has 0 fully saturated rings. The molecule has 1 unspecified atom stereocenters. The van der Waals surface area contributed by atoms with Gasteiger partial charge in [-0.3, -0.25) is 0 Å². The van der Waals surface area contributed by atoms with E-state index in [9.17, 15) is 0 Å². The molecule has 0 aromatic carbocycles. The van der Waals surface area contributed by atoms with Crippen LogP contribution in [0.25, 0.3) is 0 Å². The summed E-state index contributed by atoms with van der Waals surface area (Å²) >= 11 is 0. The van der Waals surface area contributed by atoms with Gasteiger partial charge in [0.2, 0.25) is 0 Å². The van der Waals surface area contributed by atoms with Crippen LogP contribution in [-0.4, -0.2) is 24.4 Å². The fourth-order valence-corrected chi connectivity index (χ4v) is 0.499. The van der Waals surface area contributed by atoms with Crippen LogP contribution in [0.3, 0.4) is 0 Å². The first-order valence-corrected chi connectivity index (χ1v) is 3.93. The molecule has 0 saturated carbocycles. The molecule has 2 atom stereocenters. The van der Waals surface area contributed by atoms with Crippen molar-refractivity contribution >= 4 is 0 Å². The van der Waals surface area contributed by atoms with Gasteiger partial charge in [0.25, 0.3) is 0 Å². The van der Waals surface area contributed by atoms with Gasteiger partial charge < -0.3 is 9.84 Å². The summed E-state index contributed by atoms with van der Waals surface area (Å²) in [6.07, 6.45) is 1.13. The van der Waals surface area contributed by atoms with E-state index < -0.39 is 0 Å². The maximum Gasteiger partial charge on any atom is 0.0777 e. The first-order chi connectivity index (χ1) is 4.70. The van der Waals surface area contributed by atoms with Gasteiger partial charge in [0.1, 0.15) is 0 Å². The zero-order valence-electron chi connectivity index (χ0n) is 7.13. The van der Waals surface area contributed by atoms with Crippen molar-refractivity contribution in [1.29, 1.82) is 0 Å². The number of hydrogen-bond donors (Lipinski definition) is 1. The molecule has 1 N–H and O–H groups in total. The highest BCUT2D eigenvalue weighted by atomic mass is 16.5. The average Bonchev–Trinajstić information content (AvgIpc) is 1.99. The Morgan fingerprint density at radius 3 is 2.40 bits per heavy atom. The van der Waals surface area contributed by atoms with Crippen LogP contribution in [0.2, 0.25) is 0 Å². The van der Waals surface area contributed by atoms with Gasteiger partial charge >= 0.3 is 0 Å². The molecule has 0 heterocycles. The summed E-state index contributed by atoms with van der Waals surface area (Å²) in [6, 6.07) is 0. The van der Waals surface area contributed by atoms with Crippen LogP contribution in [0, 0.1) is 5.92 Å². The second-order valence-electron chi connectivity index (χ2n) is 2.84. The SMILES string of the molecule is CC[C@H](C)COC(C)CO. The van der Waals surface area contributed by atoms with Gasteiger partial charge in [-0.2, -0.15) is 0 Å². The largest absolute Gasteiger partial charge is 0.394 e. The van der Waals surface area contributed by atoms with Crippen molar-refractivity contribution in [1.82, 2.24) is 0 Å². The number of rotatable bonds is 5. The van der Waals surface area contributed by atoms with Crippen LogP contribution in [0.5, 0.6) is 0 Å². The smallest absolute Gasteiger partial charge is 0.0777 e. The summed E-state index contributed by atoms with van der Waals surface area (Å²) in [5.41, 5.74) is 0. The van der Waals surface area contributed by atoms with E-state index in [0.29, 0.717) is 5.92 Å². The van der Waals surface area contributed by atoms with Gasteiger partial charge in [0.15, 0.2) is 0 Å². The molecule has 2 heteroatoms. The number of aliphatic hydroxyl groups is 1. The Labute approximate surface area is 63.2 Å². The highest BCUT2D eigenvalue weighted by Gasteiger charge is 2.02. The van der Waals surface area contributed by atoms with Crippen molar-refractivity contribution in [3.05, 3.63) is 0 Å². The third kappa shape index (κ3) is 4.77. The van der Waals surface area contributed by atoms with Crippen molar-refractivity contribution in [2.24, 2.45) is 5.92 Å². The Morgan fingerprint density at radius 1 is 1.40 bits per heavy atom. The Morgan fingerprint density at radius 2 is 2.00 bits per heavy atom. The minimum absolute atomic E-state index is 0.00556. The van der Waals surface area contributed by atoms with E-state index in [-0.39, 0.29) is 12.7 Å². The van der Waals surface area contributed by atoms with Crippen LogP contribution in [-0.2, 0) is 4.74 Å². The summed E-state index contributed by atoms with van der Waals surface area (Å²) in [5, 5.41) is 8.60. The van der Waals surface area contributed by atoms with E-state index >= 15 is 0 Å². The lowest BCUT2D eigenvalue weighted by atomic mass is 10.1.